The number of methoxy groups -OCH3 is 1. The van der Waals surface area contributed by atoms with Crippen molar-refractivity contribution in [3.05, 3.63) is 0 Å². The zero-order chi connectivity index (χ0) is 14.1. The minimum absolute atomic E-state index is 0.140. The Morgan fingerprint density at radius 2 is 2.05 bits per heavy atom. The maximum Gasteiger partial charge on any atom is 0.307 e. The normalized spacial score (nSPS) is 18.5. The van der Waals surface area contributed by atoms with E-state index in [9.17, 15) is 4.79 Å². The molecule has 1 atom stereocenters. The van der Waals surface area contributed by atoms with E-state index in [4.69, 9.17) is 0 Å². The predicted molar refractivity (Wildman–Crippen MR) is 78.2 cm³/mol. The molecule has 1 fully saturated rings. The van der Waals surface area contributed by atoms with E-state index in [1.54, 1.807) is 0 Å². The highest BCUT2D eigenvalue weighted by Crippen LogP contribution is 2.21. The van der Waals surface area contributed by atoms with Crippen LogP contribution in [0.5, 0.6) is 0 Å². The highest BCUT2D eigenvalue weighted by molar-refractivity contribution is 5.69. The molecule has 0 radical (unpaired) electrons. The molecule has 0 spiro atoms. The third kappa shape index (κ3) is 6.92. The van der Waals surface area contributed by atoms with E-state index in [1.165, 1.54) is 39.2 Å². The first kappa shape index (κ1) is 16.4. The zero-order valence-corrected chi connectivity index (χ0v) is 12.8. The molecule has 0 aliphatic heterocycles. The van der Waals surface area contributed by atoms with E-state index < -0.39 is 0 Å². The molecule has 0 bridgehead atoms. The molecule has 0 heterocycles. The van der Waals surface area contributed by atoms with Gasteiger partial charge in [-0.3, -0.25) is 4.79 Å². The molecule has 19 heavy (non-hydrogen) atoms. The molecule has 0 aromatic heterocycles. The van der Waals surface area contributed by atoms with Gasteiger partial charge >= 0.3 is 5.97 Å². The molecule has 0 saturated heterocycles. The minimum Gasteiger partial charge on any atom is -0.469 e. The van der Waals surface area contributed by atoms with Gasteiger partial charge in [-0.15, -0.1) is 0 Å². The van der Waals surface area contributed by atoms with Gasteiger partial charge in [0, 0.05) is 12.1 Å². The fourth-order valence-corrected chi connectivity index (χ4v) is 2.79. The van der Waals surface area contributed by atoms with Crippen LogP contribution in [0.3, 0.4) is 0 Å². The van der Waals surface area contributed by atoms with Crippen LogP contribution in [0.2, 0.25) is 0 Å². The van der Waals surface area contributed by atoms with E-state index in [-0.39, 0.29) is 12.0 Å². The predicted octanol–water partition coefficient (Wildman–Crippen LogP) is 2.18. The van der Waals surface area contributed by atoms with E-state index in [1.807, 2.05) is 6.92 Å². The second-order valence-corrected chi connectivity index (χ2v) is 5.76. The fraction of sp³-hybridized carbons (Fsp3) is 0.933. The summed E-state index contributed by atoms with van der Waals surface area (Å²) in [5, 5.41) is 3.38. The van der Waals surface area contributed by atoms with Gasteiger partial charge in [0.05, 0.1) is 13.5 Å². The summed E-state index contributed by atoms with van der Waals surface area (Å²) >= 11 is 0. The first-order valence-electron chi connectivity index (χ1n) is 7.64. The Morgan fingerprint density at radius 1 is 1.37 bits per heavy atom. The molecule has 0 aromatic rings. The van der Waals surface area contributed by atoms with Crippen LogP contribution in [0.15, 0.2) is 0 Å². The third-order valence-corrected chi connectivity index (χ3v) is 4.08. The standard InChI is InChI=1S/C15H30N2O2/c1-13(12-15(18)19-3)16-10-7-11-17(2)14-8-5-4-6-9-14/h13-14,16H,4-12H2,1-3H3. The Bertz CT molecular complexity index is 253. The summed E-state index contributed by atoms with van der Waals surface area (Å²) in [6.07, 6.45) is 8.52. The van der Waals surface area contributed by atoms with Gasteiger partial charge in [-0.25, -0.2) is 0 Å². The largest absolute Gasteiger partial charge is 0.469 e. The number of hydrogen-bond donors (Lipinski definition) is 1. The quantitative estimate of drug-likeness (QED) is 0.542. The summed E-state index contributed by atoms with van der Waals surface area (Å²) < 4.78 is 4.66. The fourth-order valence-electron chi connectivity index (χ4n) is 2.79. The van der Waals surface area contributed by atoms with Crippen molar-refractivity contribution in [3.8, 4) is 0 Å². The van der Waals surface area contributed by atoms with Gasteiger partial charge in [-0.2, -0.15) is 0 Å². The molecule has 1 N–H and O–H groups in total. The Kier molecular flexibility index (Phi) is 8.07. The Hall–Kier alpha value is -0.610. The Labute approximate surface area is 117 Å². The third-order valence-electron chi connectivity index (χ3n) is 4.08. The molecule has 1 aliphatic carbocycles. The van der Waals surface area contributed by atoms with Crippen molar-refractivity contribution in [2.75, 3.05) is 27.2 Å². The summed E-state index contributed by atoms with van der Waals surface area (Å²) in [4.78, 5) is 13.6. The highest BCUT2D eigenvalue weighted by atomic mass is 16.5. The van der Waals surface area contributed by atoms with Gasteiger partial charge in [0.25, 0.3) is 0 Å². The summed E-state index contributed by atoms with van der Waals surface area (Å²) in [6.45, 7) is 4.14. The van der Waals surface area contributed by atoms with Gasteiger partial charge in [0.1, 0.15) is 0 Å². The smallest absolute Gasteiger partial charge is 0.307 e. The van der Waals surface area contributed by atoms with Crippen LogP contribution in [0, 0.1) is 0 Å². The van der Waals surface area contributed by atoms with Crippen LogP contribution in [0.25, 0.3) is 0 Å². The lowest BCUT2D eigenvalue weighted by Gasteiger charge is -2.31. The van der Waals surface area contributed by atoms with Crippen molar-refractivity contribution in [3.63, 3.8) is 0 Å². The number of carbonyl (C=O) groups excluding carboxylic acids is 1. The molecule has 1 unspecified atom stereocenters. The molecular formula is C15H30N2O2. The zero-order valence-electron chi connectivity index (χ0n) is 12.8. The lowest BCUT2D eigenvalue weighted by atomic mass is 9.94. The molecule has 4 heteroatoms. The number of carbonyl (C=O) groups is 1. The lowest BCUT2D eigenvalue weighted by Crippen LogP contribution is -2.36. The Morgan fingerprint density at radius 3 is 2.68 bits per heavy atom. The first-order valence-corrected chi connectivity index (χ1v) is 7.64. The van der Waals surface area contributed by atoms with Crippen molar-refractivity contribution in [2.24, 2.45) is 0 Å². The number of nitrogens with zero attached hydrogens (tertiary/aromatic N) is 1. The molecule has 1 aliphatic rings. The number of nitrogens with one attached hydrogen (secondary N) is 1. The maximum absolute atomic E-state index is 11.1. The number of hydrogen-bond acceptors (Lipinski definition) is 4. The van der Waals surface area contributed by atoms with Crippen LogP contribution in [-0.2, 0) is 9.53 Å². The highest BCUT2D eigenvalue weighted by Gasteiger charge is 2.17. The van der Waals surface area contributed by atoms with Crippen molar-refractivity contribution in [1.29, 1.82) is 0 Å². The van der Waals surface area contributed by atoms with E-state index in [2.05, 4.69) is 22.0 Å². The number of ether oxygens (including phenoxy) is 1. The molecule has 1 saturated carbocycles. The van der Waals surface area contributed by atoms with Crippen LogP contribution in [0.1, 0.15) is 51.9 Å². The van der Waals surface area contributed by atoms with E-state index >= 15 is 0 Å². The van der Waals surface area contributed by atoms with Crippen molar-refractivity contribution < 1.29 is 9.53 Å². The monoisotopic (exact) mass is 270 g/mol. The van der Waals surface area contributed by atoms with Gasteiger partial charge in [-0.05, 0) is 46.3 Å². The summed E-state index contributed by atoms with van der Waals surface area (Å²) in [5.41, 5.74) is 0. The average Bonchev–Trinajstić information content (AvgIpc) is 2.44. The second-order valence-electron chi connectivity index (χ2n) is 5.76. The second kappa shape index (κ2) is 9.32. The topological polar surface area (TPSA) is 41.6 Å². The number of rotatable bonds is 8. The summed E-state index contributed by atoms with van der Waals surface area (Å²) in [7, 11) is 3.68. The van der Waals surface area contributed by atoms with Crippen molar-refractivity contribution in [2.45, 2.75) is 64.0 Å². The maximum atomic E-state index is 11.1. The van der Waals surface area contributed by atoms with Gasteiger partial charge < -0.3 is 15.0 Å². The van der Waals surface area contributed by atoms with Crippen LogP contribution >= 0.6 is 0 Å². The van der Waals surface area contributed by atoms with Gasteiger partial charge in [0.15, 0.2) is 0 Å². The van der Waals surface area contributed by atoms with Crippen LogP contribution < -0.4 is 5.32 Å². The molecule has 0 aromatic carbocycles. The van der Waals surface area contributed by atoms with Crippen molar-refractivity contribution >= 4 is 5.97 Å². The lowest BCUT2D eigenvalue weighted by molar-refractivity contribution is -0.141. The molecule has 1 rings (SSSR count). The molecular weight excluding hydrogens is 240 g/mol. The summed E-state index contributed by atoms with van der Waals surface area (Å²) in [6, 6.07) is 0.994. The van der Waals surface area contributed by atoms with Gasteiger partial charge in [0.2, 0.25) is 0 Å². The molecule has 0 amide bonds. The SMILES string of the molecule is COC(=O)CC(C)NCCCN(C)C1CCCCC1. The number of esters is 1. The average molecular weight is 270 g/mol. The summed E-state index contributed by atoms with van der Waals surface area (Å²) in [5.74, 6) is -0.140. The first-order chi connectivity index (χ1) is 9.13. The van der Waals surface area contributed by atoms with E-state index in [0.717, 1.165) is 25.6 Å². The van der Waals surface area contributed by atoms with Crippen molar-refractivity contribution in [1.82, 2.24) is 10.2 Å². The minimum atomic E-state index is -0.140. The van der Waals surface area contributed by atoms with Crippen LogP contribution in [0.4, 0.5) is 0 Å². The molecule has 4 nitrogen and oxygen atoms in total. The van der Waals surface area contributed by atoms with E-state index in [0.29, 0.717) is 6.42 Å². The van der Waals surface area contributed by atoms with Gasteiger partial charge in [-0.1, -0.05) is 19.3 Å². The molecule has 112 valence electrons. The Balaban J connectivity index is 2.04. The van der Waals surface area contributed by atoms with Crippen LogP contribution in [-0.4, -0.2) is 50.2 Å².